The van der Waals surface area contributed by atoms with Crippen molar-refractivity contribution in [2.24, 2.45) is 0 Å². The number of likely N-dealkylation sites (tertiary alicyclic amines) is 1. The molecule has 284 valence electrons. The highest BCUT2D eigenvalue weighted by atomic mass is 32.2. The minimum atomic E-state index is -4.87. The number of pyridine rings is 1. The van der Waals surface area contributed by atoms with Crippen LogP contribution in [0.15, 0.2) is 71.6 Å². The number of methoxy groups -OCH3 is 1. The second-order valence-electron chi connectivity index (χ2n) is 13.8. The van der Waals surface area contributed by atoms with Gasteiger partial charge in [0.1, 0.15) is 17.3 Å². The number of rotatable bonds is 11. The number of sulfone groups is 1. The Labute approximate surface area is 307 Å². The lowest BCUT2D eigenvalue weighted by Crippen LogP contribution is -2.48. The van der Waals surface area contributed by atoms with Crippen LogP contribution in [0, 0.1) is 0 Å². The zero-order chi connectivity index (χ0) is 37.9. The van der Waals surface area contributed by atoms with Crippen LogP contribution in [0.4, 0.5) is 17.6 Å². The van der Waals surface area contributed by atoms with Crippen LogP contribution in [-0.2, 0) is 27.8 Å². The van der Waals surface area contributed by atoms with Gasteiger partial charge in [0.2, 0.25) is 0 Å². The molecule has 0 aliphatic carbocycles. The molecule has 4 aromatic rings. The number of benzene rings is 3. The summed E-state index contributed by atoms with van der Waals surface area (Å²) in [5.41, 5.74) is 1.22. The molecular weight excluding hydrogens is 713 g/mol. The van der Waals surface area contributed by atoms with Crippen molar-refractivity contribution in [1.29, 1.82) is 0 Å². The van der Waals surface area contributed by atoms with Gasteiger partial charge in [-0.1, -0.05) is 48.5 Å². The summed E-state index contributed by atoms with van der Waals surface area (Å²) in [6, 6.07) is 14.3. The molecule has 1 amide bonds. The molecular formula is C39H44F4N4O5S. The van der Waals surface area contributed by atoms with Gasteiger partial charge in [0.05, 0.1) is 42.3 Å². The number of morpholine rings is 1. The maximum absolute atomic E-state index is 14.7. The van der Waals surface area contributed by atoms with Gasteiger partial charge in [0.25, 0.3) is 5.91 Å². The number of piperidine rings is 1. The number of carbonyl (C=O) groups excluding carboxylic acids is 1. The first-order chi connectivity index (χ1) is 25.3. The molecule has 2 saturated heterocycles. The van der Waals surface area contributed by atoms with Crippen LogP contribution >= 0.6 is 0 Å². The Bertz CT molecular complexity index is 2030. The summed E-state index contributed by atoms with van der Waals surface area (Å²) >= 11 is 0. The Balaban J connectivity index is 1.56. The maximum Gasteiger partial charge on any atom is 0.412 e. The van der Waals surface area contributed by atoms with E-state index < -0.39 is 39.9 Å². The van der Waals surface area contributed by atoms with Gasteiger partial charge >= 0.3 is 6.18 Å². The number of hydrogen-bond donors (Lipinski definition) is 1. The third kappa shape index (κ3) is 8.35. The second kappa shape index (κ2) is 16.1. The first kappa shape index (κ1) is 38.6. The zero-order valence-electron chi connectivity index (χ0n) is 30.0. The van der Waals surface area contributed by atoms with Crippen molar-refractivity contribution in [2.75, 3.05) is 46.5 Å². The number of nitrogens with zero attached hydrogens (tertiary/aromatic N) is 3. The summed E-state index contributed by atoms with van der Waals surface area (Å²) in [4.78, 5) is 23.9. The van der Waals surface area contributed by atoms with Gasteiger partial charge in [-0.25, -0.2) is 17.8 Å². The first-order valence-electron chi connectivity index (χ1n) is 17.7. The van der Waals surface area contributed by atoms with Crippen LogP contribution in [0.25, 0.3) is 22.2 Å². The van der Waals surface area contributed by atoms with E-state index in [0.717, 1.165) is 25.9 Å². The Morgan fingerprint density at radius 2 is 1.70 bits per heavy atom. The van der Waals surface area contributed by atoms with Crippen LogP contribution in [0.3, 0.4) is 0 Å². The Kier molecular flexibility index (Phi) is 11.7. The smallest absolute Gasteiger partial charge is 0.412 e. The highest BCUT2D eigenvalue weighted by Gasteiger charge is 2.43. The van der Waals surface area contributed by atoms with Crippen molar-refractivity contribution in [1.82, 2.24) is 20.1 Å². The van der Waals surface area contributed by atoms with E-state index in [9.17, 15) is 30.8 Å². The van der Waals surface area contributed by atoms with Crippen LogP contribution in [0.2, 0.25) is 0 Å². The number of ether oxygens (including phenoxy) is 2. The molecule has 14 heteroatoms. The quantitative estimate of drug-likeness (QED) is 0.165. The van der Waals surface area contributed by atoms with Gasteiger partial charge in [-0.2, -0.15) is 13.2 Å². The lowest BCUT2D eigenvalue weighted by Gasteiger charge is -2.40. The number of amides is 1. The van der Waals surface area contributed by atoms with E-state index in [0.29, 0.717) is 49.0 Å². The van der Waals surface area contributed by atoms with Crippen molar-refractivity contribution in [3.8, 4) is 17.0 Å². The monoisotopic (exact) mass is 756 g/mol. The number of alkyl halides is 4. The fourth-order valence-electron chi connectivity index (χ4n) is 7.21. The van der Waals surface area contributed by atoms with Gasteiger partial charge in [-0.05, 0) is 63.0 Å². The molecule has 0 bridgehead atoms. The Morgan fingerprint density at radius 1 is 1.00 bits per heavy atom. The highest BCUT2D eigenvalue weighted by Crippen LogP contribution is 2.39. The average Bonchev–Trinajstić information content (AvgIpc) is 3.16. The van der Waals surface area contributed by atoms with E-state index in [-0.39, 0.29) is 44.9 Å². The average molecular weight is 757 g/mol. The van der Waals surface area contributed by atoms with E-state index in [2.05, 4.69) is 15.1 Å². The van der Waals surface area contributed by atoms with Gasteiger partial charge in [-0.3, -0.25) is 14.6 Å². The standard InChI is InChI=1S/C39H44F4N4O5S/c1-25(2)53(49,50)34-21-30-32(22-33(34)51-3)44-36(28-11-7-8-26(20-28)23-40)31(24-46-14-12-29(13-15-46)47-16-18-52-19-17-47)35(30)38(48)45-37(39(41,42)43)27-9-5-4-6-10-27/h4-11,20-22,25,29,37H,12-19,23-24H2,1-3H3,(H,45,48)/t37-/m1/s1. The van der Waals surface area contributed by atoms with Crippen LogP contribution < -0.4 is 10.1 Å². The molecule has 3 heterocycles. The molecule has 1 N–H and O–H groups in total. The molecule has 0 radical (unpaired) electrons. The number of halogens is 4. The summed E-state index contributed by atoms with van der Waals surface area (Å²) < 4.78 is 96.5. The van der Waals surface area contributed by atoms with Crippen molar-refractivity contribution in [3.05, 3.63) is 89.0 Å². The molecule has 1 aromatic heterocycles. The first-order valence-corrected chi connectivity index (χ1v) is 19.3. The number of aromatic nitrogens is 1. The molecule has 6 rings (SSSR count). The van der Waals surface area contributed by atoms with Crippen molar-refractivity contribution < 1.29 is 40.2 Å². The van der Waals surface area contributed by atoms with Crippen LogP contribution in [-0.4, -0.2) is 93.1 Å². The number of fused-ring (bicyclic) bond motifs is 1. The second-order valence-corrected chi connectivity index (χ2v) is 16.2. The minimum Gasteiger partial charge on any atom is -0.495 e. The third-order valence-corrected chi connectivity index (χ3v) is 12.3. The Hall–Kier alpha value is -4.11. The largest absolute Gasteiger partial charge is 0.495 e. The Morgan fingerprint density at radius 3 is 2.32 bits per heavy atom. The minimum absolute atomic E-state index is 0.0242. The predicted octanol–water partition coefficient (Wildman–Crippen LogP) is 6.89. The fourth-order valence-corrected chi connectivity index (χ4v) is 8.42. The van der Waals surface area contributed by atoms with Crippen molar-refractivity contribution in [3.63, 3.8) is 0 Å². The molecule has 2 aliphatic heterocycles. The van der Waals surface area contributed by atoms with E-state index in [1.807, 2.05) is 0 Å². The number of nitrogens with one attached hydrogen (secondary N) is 1. The van der Waals surface area contributed by atoms with Gasteiger partial charge in [0, 0.05) is 48.3 Å². The van der Waals surface area contributed by atoms with Gasteiger partial charge in [-0.15, -0.1) is 0 Å². The van der Waals surface area contributed by atoms with Gasteiger partial charge in [0.15, 0.2) is 15.9 Å². The number of carbonyl (C=O) groups is 1. The third-order valence-electron chi connectivity index (χ3n) is 10.1. The van der Waals surface area contributed by atoms with Crippen LogP contribution in [0.5, 0.6) is 5.75 Å². The summed E-state index contributed by atoms with van der Waals surface area (Å²) in [7, 11) is -2.69. The summed E-state index contributed by atoms with van der Waals surface area (Å²) in [6.45, 7) is 6.65. The molecule has 3 aromatic carbocycles. The van der Waals surface area contributed by atoms with E-state index in [1.165, 1.54) is 57.4 Å². The molecule has 2 fully saturated rings. The summed E-state index contributed by atoms with van der Waals surface area (Å²) in [5, 5.41) is 1.43. The topological polar surface area (TPSA) is 101 Å². The maximum atomic E-state index is 14.7. The van der Waals surface area contributed by atoms with Crippen molar-refractivity contribution >= 4 is 26.6 Å². The normalized spacial score (nSPS) is 17.3. The molecule has 0 saturated carbocycles. The lowest BCUT2D eigenvalue weighted by atomic mass is 9.93. The zero-order valence-corrected chi connectivity index (χ0v) is 30.8. The predicted molar refractivity (Wildman–Crippen MR) is 194 cm³/mol. The molecule has 2 aliphatic rings. The summed E-state index contributed by atoms with van der Waals surface area (Å²) in [5.74, 6) is -1.08. The van der Waals surface area contributed by atoms with Crippen molar-refractivity contribution in [2.45, 2.75) is 68.3 Å². The SMILES string of the molecule is COc1cc2nc(-c3cccc(CF)c3)c(CN3CCC(N4CCOCC4)CC3)c(C(=O)N[C@H](c3ccccc3)C(F)(F)F)c2cc1S(=O)(=O)C(C)C. The highest BCUT2D eigenvalue weighted by molar-refractivity contribution is 7.92. The fraction of sp³-hybridized carbons (Fsp3) is 0.436. The molecule has 0 unspecified atom stereocenters. The molecule has 0 spiro atoms. The molecule has 53 heavy (non-hydrogen) atoms. The molecule has 9 nitrogen and oxygen atoms in total. The van der Waals surface area contributed by atoms with Gasteiger partial charge < -0.3 is 14.8 Å². The molecule has 1 atom stereocenters. The lowest BCUT2D eigenvalue weighted by molar-refractivity contribution is -0.155. The summed E-state index contributed by atoms with van der Waals surface area (Å²) in [6.07, 6.45) is -3.21. The van der Waals surface area contributed by atoms with E-state index in [4.69, 9.17) is 14.5 Å². The number of hydrogen-bond acceptors (Lipinski definition) is 8. The van der Waals surface area contributed by atoms with E-state index in [1.54, 1.807) is 30.3 Å². The van der Waals surface area contributed by atoms with Crippen LogP contribution in [0.1, 0.15) is 59.8 Å². The van der Waals surface area contributed by atoms with E-state index >= 15 is 0 Å².